The molecule has 1 saturated heterocycles. The summed E-state index contributed by atoms with van der Waals surface area (Å²) in [6, 6.07) is 3.43. The number of H-pyrrole nitrogens is 1. The second-order valence-electron chi connectivity index (χ2n) is 5.90. The third-order valence-electron chi connectivity index (χ3n) is 4.35. The molecule has 26 heavy (non-hydrogen) atoms. The quantitative estimate of drug-likeness (QED) is 0.688. The SMILES string of the molecule is O=C(Cn1c(=O)[nH]c2ccsc2c1=O)N1CCN(c2ncccn2)CC1. The topological polar surface area (TPSA) is 104 Å². The summed E-state index contributed by atoms with van der Waals surface area (Å²) in [6.45, 7) is 1.93. The standard InChI is InChI=1S/C16H16N6O3S/c23-12(10-22-14(24)13-11(2-9-26-13)19-16(22)25)20-5-7-21(8-6-20)15-17-3-1-4-18-15/h1-4,9H,5-8,10H2,(H,19,25). The first kappa shape index (κ1) is 16.5. The Morgan fingerprint density at radius 3 is 2.62 bits per heavy atom. The van der Waals surface area contributed by atoms with Crippen LogP contribution < -0.4 is 16.1 Å². The van der Waals surface area contributed by atoms with Crippen molar-refractivity contribution in [3.05, 3.63) is 50.7 Å². The molecule has 4 heterocycles. The van der Waals surface area contributed by atoms with Gasteiger partial charge in [0.1, 0.15) is 11.2 Å². The normalized spacial score (nSPS) is 14.8. The number of carbonyl (C=O) groups is 1. The predicted octanol–water partition coefficient (Wildman–Crippen LogP) is -0.110. The van der Waals surface area contributed by atoms with Crippen molar-refractivity contribution >= 4 is 33.4 Å². The molecule has 0 unspecified atom stereocenters. The maximum atomic E-state index is 12.6. The fourth-order valence-corrected chi connectivity index (χ4v) is 3.76. The van der Waals surface area contributed by atoms with Crippen LogP contribution in [-0.2, 0) is 11.3 Å². The second kappa shape index (κ2) is 6.71. The molecule has 0 radical (unpaired) electrons. The van der Waals surface area contributed by atoms with E-state index in [9.17, 15) is 14.4 Å². The Hall–Kier alpha value is -3.01. The molecule has 1 fully saturated rings. The van der Waals surface area contributed by atoms with Gasteiger partial charge >= 0.3 is 5.69 Å². The van der Waals surface area contributed by atoms with Crippen molar-refractivity contribution in [2.24, 2.45) is 0 Å². The van der Waals surface area contributed by atoms with E-state index in [1.165, 1.54) is 11.3 Å². The first-order chi connectivity index (χ1) is 12.6. The van der Waals surface area contributed by atoms with Crippen molar-refractivity contribution in [3.63, 3.8) is 0 Å². The number of nitrogens with one attached hydrogen (secondary N) is 1. The van der Waals surface area contributed by atoms with E-state index in [4.69, 9.17) is 0 Å². The van der Waals surface area contributed by atoms with E-state index in [-0.39, 0.29) is 12.5 Å². The number of rotatable bonds is 3. The Labute approximate surface area is 151 Å². The largest absolute Gasteiger partial charge is 0.338 e. The predicted molar refractivity (Wildman–Crippen MR) is 97.5 cm³/mol. The number of aromatic amines is 1. The zero-order valence-electron chi connectivity index (χ0n) is 13.8. The molecular formula is C16H16N6O3S. The van der Waals surface area contributed by atoms with Gasteiger partial charge in [0.2, 0.25) is 11.9 Å². The minimum absolute atomic E-state index is 0.248. The fraction of sp³-hybridized carbons (Fsp3) is 0.312. The Morgan fingerprint density at radius 2 is 1.88 bits per heavy atom. The zero-order chi connectivity index (χ0) is 18.1. The average Bonchev–Trinajstić information content (AvgIpc) is 3.14. The lowest BCUT2D eigenvalue weighted by molar-refractivity contribution is -0.132. The van der Waals surface area contributed by atoms with Gasteiger partial charge in [-0.15, -0.1) is 11.3 Å². The van der Waals surface area contributed by atoms with Gasteiger partial charge in [-0.05, 0) is 17.5 Å². The fourth-order valence-electron chi connectivity index (χ4n) is 2.96. The summed E-state index contributed by atoms with van der Waals surface area (Å²) in [7, 11) is 0. The van der Waals surface area contributed by atoms with E-state index >= 15 is 0 Å². The molecule has 134 valence electrons. The molecule has 1 amide bonds. The van der Waals surface area contributed by atoms with Crippen molar-refractivity contribution in [3.8, 4) is 0 Å². The first-order valence-corrected chi connectivity index (χ1v) is 9.01. The van der Waals surface area contributed by atoms with Crippen LogP contribution >= 0.6 is 11.3 Å². The highest BCUT2D eigenvalue weighted by atomic mass is 32.1. The molecule has 0 bridgehead atoms. The molecule has 0 atom stereocenters. The summed E-state index contributed by atoms with van der Waals surface area (Å²) < 4.78 is 1.41. The maximum absolute atomic E-state index is 12.6. The molecule has 0 saturated carbocycles. The van der Waals surface area contributed by atoms with Crippen LogP contribution in [0.5, 0.6) is 0 Å². The van der Waals surface area contributed by atoms with Crippen LogP contribution in [0.3, 0.4) is 0 Å². The van der Waals surface area contributed by atoms with Crippen LogP contribution in [0.1, 0.15) is 0 Å². The van der Waals surface area contributed by atoms with Crippen molar-refractivity contribution in [2.45, 2.75) is 6.54 Å². The average molecular weight is 372 g/mol. The van der Waals surface area contributed by atoms with E-state index in [1.54, 1.807) is 34.8 Å². The molecule has 4 rings (SSSR count). The number of amides is 1. The maximum Gasteiger partial charge on any atom is 0.329 e. The van der Waals surface area contributed by atoms with Crippen molar-refractivity contribution in [2.75, 3.05) is 31.1 Å². The van der Waals surface area contributed by atoms with Crippen LogP contribution in [0.4, 0.5) is 5.95 Å². The minimum Gasteiger partial charge on any atom is -0.338 e. The van der Waals surface area contributed by atoms with Gasteiger partial charge in [-0.2, -0.15) is 0 Å². The van der Waals surface area contributed by atoms with E-state index in [2.05, 4.69) is 15.0 Å². The highest BCUT2D eigenvalue weighted by Crippen LogP contribution is 2.12. The van der Waals surface area contributed by atoms with Crippen molar-refractivity contribution in [1.29, 1.82) is 0 Å². The molecule has 3 aromatic heterocycles. The Morgan fingerprint density at radius 1 is 1.15 bits per heavy atom. The number of aromatic nitrogens is 4. The van der Waals surface area contributed by atoms with Gasteiger partial charge in [0.15, 0.2) is 0 Å². The van der Waals surface area contributed by atoms with Crippen LogP contribution in [-0.4, -0.2) is 56.5 Å². The van der Waals surface area contributed by atoms with Gasteiger partial charge in [0, 0.05) is 38.6 Å². The number of hydrogen-bond donors (Lipinski definition) is 1. The lowest BCUT2D eigenvalue weighted by Gasteiger charge is -2.34. The van der Waals surface area contributed by atoms with Crippen LogP contribution in [0.25, 0.3) is 10.2 Å². The summed E-state index contributed by atoms with van der Waals surface area (Å²) in [6.07, 6.45) is 3.36. The lowest BCUT2D eigenvalue weighted by Crippen LogP contribution is -2.51. The number of carbonyl (C=O) groups excluding carboxylic acids is 1. The Balaban J connectivity index is 1.47. The molecule has 0 aliphatic carbocycles. The highest BCUT2D eigenvalue weighted by molar-refractivity contribution is 7.17. The summed E-state index contributed by atoms with van der Waals surface area (Å²) >= 11 is 1.25. The number of anilines is 1. The molecule has 0 aromatic carbocycles. The van der Waals surface area contributed by atoms with E-state index in [0.29, 0.717) is 42.3 Å². The zero-order valence-corrected chi connectivity index (χ0v) is 14.6. The second-order valence-corrected chi connectivity index (χ2v) is 6.82. The number of piperazine rings is 1. The van der Waals surface area contributed by atoms with Gasteiger partial charge in [0.05, 0.1) is 5.52 Å². The molecule has 1 N–H and O–H groups in total. The summed E-state index contributed by atoms with van der Waals surface area (Å²) in [5.74, 6) is 0.387. The smallest absolute Gasteiger partial charge is 0.329 e. The first-order valence-electron chi connectivity index (χ1n) is 8.13. The number of fused-ring (bicyclic) bond motifs is 1. The Bertz CT molecular complexity index is 1050. The molecular weight excluding hydrogens is 356 g/mol. The van der Waals surface area contributed by atoms with Crippen molar-refractivity contribution in [1.82, 2.24) is 24.4 Å². The van der Waals surface area contributed by atoms with Crippen molar-refractivity contribution < 1.29 is 4.79 Å². The molecule has 0 spiro atoms. The van der Waals surface area contributed by atoms with Gasteiger partial charge in [-0.3, -0.25) is 9.59 Å². The highest BCUT2D eigenvalue weighted by Gasteiger charge is 2.23. The molecule has 3 aromatic rings. The number of hydrogen-bond acceptors (Lipinski definition) is 7. The van der Waals surface area contributed by atoms with E-state index < -0.39 is 11.2 Å². The number of nitrogens with zero attached hydrogens (tertiary/aromatic N) is 5. The van der Waals surface area contributed by atoms with Gasteiger partial charge in [-0.1, -0.05) is 0 Å². The molecule has 1 aliphatic heterocycles. The summed E-state index contributed by atoms with van der Waals surface area (Å²) in [5.41, 5.74) is -0.487. The van der Waals surface area contributed by atoms with Crippen LogP contribution in [0, 0.1) is 0 Å². The monoisotopic (exact) mass is 372 g/mol. The van der Waals surface area contributed by atoms with Crippen LogP contribution in [0.15, 0.2) is 39.5 Å². The third kappa shape index (κ3) is 2.99. The van der Waals surface area contributed by atoms with E-state index in [0.717, 1.165) is 4.57 Å². The molecule has 1 aliphatic rings. The lowest BCUT2D eigenvalue weighted by atomic mass is 10.3. The van der Waals surface area contributed by atoms with Gasteiger partial charge < -0.3 is 14.8 Å². The Kier molecular flexibility index (Phi) is 4.25. The molecule has 10 heteroatoms. The number of thiophene rings is 1. The van der Waals surface area contributed by atoms with Gasteiger partial charge in [-0.25, -0.2) is 19.3 Å². The van der Waals surface area contributed by atoms with Gasteiger partial charge in [0.25, 0.3) is 5.56 Å². The molecule has 9 nitrogen and oxygen atoms in total. The summed E-state index contributed by atoms with van der Waals surface area (Å²) in [4.78, 5) is 51.8. The van der Waals surface area contributed by atoms with E-state index in [1.807, 2.05) is 4.90 Å². The minimum atomic E-state index is -0.564. The summed E-state index contributed by atoms with van der Waals surface area (Å²) in [5, 5.41) is 1.74. The van der Waals surface area contributed by atoms with Crippen LogP contribution in [0.2, 0.25) is 0 Å². The third-order valence-corrected chi connectivity index (χ3v) is 5.25.